The summed E-state index contributed by atoms with van der Waals surface area (Å²) in [6.45, 7) is 0. The first-order valence-electron chi connectivity index (χ1n) is 4.47. The molecule has 0 fully saturated rings. The molecule has 0 amide bonds. The molecule has 2 rings (SSSR count). The van der Waals surface area contributed by atoms with E-state index in [9.17, 15) is 0 Å². The minimum absolute atomic E-state index is 0.393. The van der Waals surface area contributed by atoms with Gasteiger partial charge in [0, 0.05) is 16.9 Å². The van der Waals surface area contributed by atoms with Gasteiger partial charge in [0.2, 0.25) is 0 Å². The first-order chi connectivity index (χ1) is 7.31. The van der Waals surface area contributed by atoms with Crippen molar-refractivity contribution in [1.82, 2.24) is 10.2 Å². The summed E-state index contributed by atoms with van der Waals surface area (Å²) in [5.74, 6) is 0.393. The molecule has 5 heteroatoms. The number of nitrogens with zero attached hydrogens (tertiary/aromatic N) is 2. The van der Waals surface area contributed by atoms with Crippen LogP contribution in [-0.4, -0.2) is 17.3 Å². The molecule has 0 unspecified atom stereocenters. The number of hydrogen-bond donors (Lipinski definition) is 1. The first-order valence-corrected chi connectivity index (χ1v) is 5.35. The molecule has 15 heavy (non-hydrogen) atoms. The number of hydrogen-bond acceptors (Lipinski definition) is 5. The predicted molar refractivity (Wildman–Crippen MR) is 60.1 cm³/mol. The molecular weight excluding hydrogens is 210 g/mol. The van der Waals surface area contributed by atoms with Crippen molar-refractivity contribution in [1.29, 1.82) is 0 Å². The standard InChI is InChI=1S/C10H11N3OS/c1-14-10-9(11)7(6-12-13-10)5-8-3-2-4-15-8/h2-4,6H,5H2,1H3,(H2,11,12). The zero-order chi connectivity index (χ0) is 10.7. The third-order valence-electron chi connectivity index (χ3n) is 2.08. The van der Waals surface area contributed by atoms with Gasteiger partial charge in [-0.15, -0.1) is 16.4 Å². The first kappa shape index (κ1) is 9.92. The van der Waals surface area contributed by atoms with Crippen molar-refractivity contribution < 1.29 is 4.74 Å². The van der Waals surface area contributed by atoms with Gasteiger partial charge in [-0.1, -0.05) is 6.07 Å². The molecule has 0 atom stereocenters. The van der Waals surface area contributed by atoms with E-state index in [4.69, 9.17) is 10.5 Å². The third-order valence-corrected chi connectivity index (χ3v) is 2.95. The average molecular weight is 221 g/mol. The number of anilines is 1. The maximum absolute atomic E-state index is 5.89. The monoisotopic (exact) mass is 221 g/mol. The van der Waals surface area contributed by atoms with Crippen molar-refractivity contribution in [2.45, 2.75) is 6.42 Å². The molecule has 0 radical (unpaired) electrons. The largest absolute Gasteiger partial charge is 0.478 e. The van der Waals surface area contributed by atoms with E-state index in [2.05, 4.69) is 16.3 Å². The van der Waals surface area contributed by atoms with E-state index < -0.39 is 0 Å². The Labute approximate surface area is 91.7 Å². The quantitative estimate of drug-likeness (QED) is 0.857. The van der Waals surface area contributed by atoms with Crippen LogP contribution in [0.2, 0.25) is 0 Å². The summed E-state index contributed by atoms with van der Waals surface area (Å²) in [4.78, 5) is 1.25. The van der Waals surface area contributed by atoms with E-state index in [1.54, 1.807) is 17.5 Å². The molecule has 0 saturated heterocycles. The summed E-state index contributed by atoms with van der Waals surface area (Å²) >= 11 is 1.70. The number of nitrogens with two attached hydrogens (primary N) is 1. The minimum atomic E-state index is 0.393. The molecule has 0 saturated carbocycles. The molecule has 0 aromatic carbocycles. The summed E-state index contributed by atoms with van der Waals surface area (Å²) in [5.41, 5.74) is 7.41. The molecule has 0 aliphatic rings. The van der Waals surface area contributed by atoms with Crippen LogP contribution >= 0.6 is 11.3 Å². The Morgan fingerprint density at radius 3 is 3.07 bits per heavy atom. The molecule has 0 spiro atoms. The number of thiophene rings is 1. The van der Waals surface area contributed by atoms with Crippen LogP contribution in [0.3, 0.4) is 0 Å². The van der Waals surface area contributed by atoms with Crippen LogP contribution in [0.5, 0.6) is 5.88 Å². The van der Waals surface area contributed by atoms with Crippen LogP contribution in [0.1, 0.15) is 10.4 Å². The van der Waals surface area contributed by atoms with Crippen LogP contribution in [0.4, 0.5) is 5.69 Å². The van der Waals surface area contributed by atoms with Crippen molar-refractivity contribution in [2.75, 3.05) is 12.8 Å². The highest BCUT2D eigenvalue weighted by molar-refractivity contribution is 7.09. The summed E-state index contributed by atoms with van der Waals surface area (Å²) < 4.78 is 5.01. The van der Waals surface area contributed by atoms with E-state index in [0.717, 1.165) is 12.0 Å². The molecule has 4 nitrogen and oxygen atoms in total. The summed E-state index contributed by atoms with van der Waals surface area (Å²) in [5, 5.41) is 9.68. The number of rotatable bonds is 3. The fourth-order valence-electron chi connectivity index (χ4n) is 1.30. The maximum atomic E-state index is 5.89. The zero-order valence-electron chi connectivity index (χ0n) is 8.30. The normalized spacial score (nSPS) is 10.2. The van der Waals surface area contributed by atoms with Crippen molar-refractivity contribution in [2.24, 2.45) is 0 Å². The highest BCUT2D eigenvalue weighted by Gasteiger charge is 2.08. The van der Waals surface area contributed by atoms with E-state index in [-0.39, 0.29) is 0 Å². The molecule has 2 N–H and O–H groups in total. The van der Waals surface area contributed by atoms with Crippen LogP contribution in [0, 0.1) is 0 Å². The zero-order valence-corrected chi connectivity index (χ0v) is 9.12. The Balaban J connectivity index is 2.29. The van der Waals surface area contributed by atoms with Gasteiger partial charge >= 0.3 is 0 Å². The molecule has 0 aliphatic carbocycles. The highest BCUT2D eigenvalue weighted by Crippen LogP contribution is 2.24. The summed E-state index contributed by atoms with van der Waals surface area (Å²) in [6.07, 6.45) is 2.45. The third kappa shape index (κ3) is 2.07. The van der Waals surface area contributed by atoms with Crippen molar-refractivity contribution in [3.05, 3.63) is 34.2 Å². The van der Waals surface area contributed by atoms with Gasteiger partial charge in [0.15, 0.2) is 0 Å². The second kappa shape index (κ2) is 4.27. The number of ether oxygens (including phenoxy) is 1. The predicted octanol–water partition coefficient (Wildman–Crippen LogP) is 1.72. The lowest BCUT2D eigenvalue weighted by Gasteiger charge is -2.06. The Kier molecular flexibility index (Phi) is 2.82. The van der Waals surface area contributed by atoms with Gasteiger partial charge in [-0.2, -0.15) is 5.10 Å². The highest BCUT2D eigenvalue weighted by atomic mass is 32.1. The van der Waals surface area contributed by atoms with E-state index in [1.165, 1.54) is 12.0 Å². The van der Waals surface area contributed by atoms with Crippen molar-refractivity contribution >= 4 is 17.0 Å². The SMILES string of the molecule is COc1nncc(Cc2cccs2)c1N. The number of aromatic nitrogens is 2. The van der Waals surface area contributed by atoms with E-state index >= 15 is 0 Å². The maximum Gasteiger partial charge on any atom is 0.256 e. The topological polar surface area (TPSA) is 61.0 Å². The van der Waals surface area contributed by atoms with Crippen LogP contribution in [0.25, 0.3) is 0 Å². The summed E-state index contributed by atoms with van der Waals surface area (Å²) in [7, 11) is 1.54. The minimum Gasteiger partial charge on any atom is -0.478 e. The van der Waals surface area contributed by atoms with E-state index in [1.807, 2.05) is 11.4 Å². The van der Waals surface area contributed by atoms with Gasteiger partial charge in [0.1, 0.15) is 5.69 Å². The molecule has 2 aromatic heterocycles. The van der Waals surface area contributed by atoms with Gasteiger partial charge in [-0.3, -0.25) is 0 Å². The Morgan fingerprint density at radius 1 is 1.53 bits per heavy atom. The van der Waals surface area contributed by atoms with Gasteiger partial charge in [0.25, 0.3) is 5.88 Å². The van der Waals surface area contributed by atoms with Crippen molar-refractivity contribution in [3.63, 3.8) is 0 Å². The number of methoxy groups -OCH3 is 1. The second-order valence-electron chi connectivity index (χ2n) is 3.05. The van der Waals surface area contributed by atoms with Crippen LogP contribution < -0.4 is 10.5 Å². The lowest BCUT2D eigenvalue weighted by Crippen LogP contribution is -2.02. The van der Waals surface area contributed by atoms with Gasteiger partial charge in [-0.05, 0) is 11.4 Å². The van der Waals surface area contributed by atoms with Crippen molar-refractivity contribution in [3.8, 4) is 5.88 Å². The summed E-state index contributed by atoms with van der Waals surface area (Å²) in [6, 6.07) is 4.08. The molecule has 78 valence electrons. The van der Waals surface area contributed by atoms with Gasteiger partial charge in [0.05, 0.1) is 13.3 Å². The average Bonchev–Trinajstić information content (AvgIpc) is 2.74. The second-order valence-corrected chi connectivity index (χ2v) is 4.08. The lowest BCUT2D eigenvalue weighted by atomic mass is 10.1. The van der Waals surface area contributed by atoms with Gasteiger partial charge in [-0.25, -0.2) is 0 Å². The number of nitrogen functional groups attached to an aromatic ring is 1. The fourth-order valence-corrected chi connectivity index (χ4v) is 2.03. The lowest BCUT2D eigenvalue weighted by molar-refractivity contribution is 0.394. The smallest absolute Gasteiger partial charge is 0.256 e. The molecule has 0 bridgehead atoms. The molecular formula is C10H11N3OS. The Bertz CT molecular complexity index is 442. The molecule has 2 heterocycles. The van der Waals surface area contributed by atoms with E-state index in [0.29, 0.717) is 11.6 Å². The van der Waals surface area contributed by atoms with Gasteiger partial charge < -0.3 is 10.5 Å². The fraction of sp³-hybridized carbons (Fsp3) is 0.200. The van der Waals surface area contributed by atoms with Crippen LogP contribution in [0.15, 0.2) is 23.7 Å². The molecule has 0 aliphatic heterocycles. The molecule has 2 aromatic rings. The van der Waals surface area contributed by atoms with Crippen LogP contribution in [-0.2, 0) is 6.42 Å². The Morgan fingerprint density at radius 2 is 2.40 bits per heavy atom. The Hall–Kier alpha value is -1.62.